The summed E-state index contributed by atoms with van der Waals surface area (Å²) >= 11 is 0. The molecule has 0 N–H and O–H groups in total. The standard InChI is InChI=1S/C15H20O/c1-11(2)16-13-8-7-12-6-5-9-15(3,4)14(12)10-13/h5-8,10-11H,9H2,1-4H3. The number of fused-ring (bicyclic) bond motifs is 1. The van der Waals surface area contributed by atoms with E-state index >= 15 is 0 Å². The quantitative estimate of drug-likeness (QED) is 0.721. The van der Waals surface area contributed by atoms with E-state index in [9.17, 15) is 0 Å². The summed E-state index contributed by atoms with van der Waals surface area (Å²) in [7, 11) is 0. The van der Waals surface area contributed by atoms with Gasteiger partial charge in [0.2, 0.25) is 0 Å². The maximum Gasteiger partial charge on any atom is 0.120 e. The van der Waals surface area contributed by atoms with Crippen LogP contribution in [0.5, 0.6) is 5.75 Å². The first-order chi connectivity index (χ1) is 7.49. The summed E-state index contributed by atoms with van der Waals surface area (Å²) in [5.41, 5.74) is 2.95. The summed E-state index contributed by atoms with van der Waals surface area (Å²) in [5.74, 6) is 0.983. The van der Waals surface area contributed by atoms with Crippen LogP contribution in [0.25, 0.3) is 6.08 Å². The lowest BCUT2D eigenvalue weighted by molar-refractivity contribution is 0.241. The Morgan fingerprint density at radius 1 is 1.25 bits per heavy atom. The molecule has 16 heavy (non-hydrogen) atoms. The maximum absolute atomic E-state index is 5.75. The minimum absolute atomic E-state index is 0.223. The first-order valence-electron chi connectivity index (χ1n) is 5.97. The predicted octanol–water partition coefficient (Wildman–Crippen LogP) is 4.17. The van der Waals surface area contributed by atoms with Gasteiger partial charge in [-0.05, 0) is 48.9 Å². The molecule has 1 heteroatoms. The van der Waals surface area contributed by atoms with Gasteiger partial charge in [0.05, 0.1) is 6.10 Å². The lowest BCUT2D eigenvalue weighted by atomic mass is 9.76. The van der Waals surface area contributed by atoms with E-state index in [4.69, 9.17) is 4.74 Å². The van der Waals surface area contributed by atoms with E-state index in [0.717, 1.165) is 12.2 Å². The van der Waals surface area contributed by atoms with Crippen molar-refractivity contribution in [3.63, 3.8) is 0 Å². The molecule has 1 aromatic carbocycles. The summed E-state index contributed by atoms with van der Waals surface area (Å²) in [6, 6.07) is 6.41. The van der Waals surface area contributed by atoms with E-state index in [1.54, 1.807) is 0 Å². The summed E-state index contributed by atoms with van der Waals surface area (Å²) in [6.45, 7) is 8.69. The molecule has 86 valence electrons. The van der Waals surface area contributed by atoms with Crippen molar-refractivity contribution in [3.05, 3.63) is 35.4 Å². The van der Waals surface area contributed by atoms with Gasteiger partial charge in [-0.1, -0.05) is 32.1 Å². The Morgan fingerprint density at radius 2 is 2.00 bits per heavy atom. The number of allylic oxidation sites excluding steroid dienone is 1. The van der Waals surface area contributed by atoms with Crippen LogP contribution < -0.4 is 4.74 Å². The van der Waals surface area contributed by atoms with Gasteiger partial charge in [-0.3, -0.25) is 0 Å². The molecular weight excluding hydrogens is 196 g/mol. The fourth-order valence-electron chi connectivity index (χ4n) is 2.20. The van der Waals surface area contributed by atoms with Crippen LogP contribution in [0.1, 0.15) is 45.2 Å². The Bertz CT molecular complexity index is 413. The molecule has 0 aliphatic heterocycles. The average molecular weight is 216 g/mol. The van der Waals surface area contributed by atoms with Gasteiger partial charge in [0.15, 0.2) is 0 Å². The molecule has 0 atom stereocenters. The molecule has 0 unspecified atom stereocenters. The zero-order valence-corrected chi connectivity index (χ0v) is 10.6. The Labute approximate surface area is 98.1 Å². The molecule has 0 bridgehead atoms. The van der Waals surface area contributed by atoms with Crippen molar-refractivity contribution in [1.82, 2.24) is 0 Å². The molecule has 0 saturated heterocycles. The lowest BCUT2D eigenvalue weighted by Crippen LogP contribution is -2.20. The average Bonchev–Trinajstić information content (AvgIpc) is 2.18. The van der Waals surface area contributed by atoms with Gasteiger partial charge in [-0.2, -0.15) is 0 Å². The van der Waals surface area contributed by atoms with Gasteiger partial charge in [0.1, 0.15) is 5.75 Å². The number of hydrogen-bond donors (Lipinski definition) is 0. The first kappa shape index (κ1) is 11.3. The Hall–Kier alpha value is -1.24. The molecule has 0 heterocycles. The smallest absolute Gasteiger partial charge is 0.120 e. The highest BCUT2D eigenvalue weighted by Crippen LogP contribution is 2.37. The minimum atomic E-state index is 0.223. The molecule has 2 rings (SSSR count). The van der Waals surface area contributed by atoms with Gasteiger partial charge < -0.3 is 4.74 Å². The third-order valence-electron chi connectivity index (χ3n) is 3.05. The monoisotopic (exact) mass is 216 g/mol. The van der Waals surface area contributed by atoms with Gasteiger partial charge >= 0.3 is 0 Å². The van der Waals surface area contributed by atoms with Crippen molar-refractivity contribution < 1.29 is 4.74 Å². The molecule has 0 amide bonds. The Kier molecular flexibility index (Phi) is 2.79. The maximum atomic E-state index is 5.75. The molecule has 1 aliphatic rings. The molecular formula is C15H20O. The van der Waals surface area contributed by atoms with Crippen LogP contribution in [0.2, 0.25) is 0 Å². The van der Waals surface area contributed by atoms with Gasteiger partial charge in [0.25, 0.3) is 0 Å². The second-order valence-electron chi connectivity index (χ2n) is 5.41. The van der Waals surface area contributed by atoms with Crippen molar-refractivity contribution in [1.29, 1.82) is 0 Å². The van der Waals surface area contributed by atoms with Crippen LogP contribution in [-0.2, 0) is 5.41 Å². The van der Waals surface area contributed by atoms with Crippen LogP contribution in [-0.4, -0.2) is 6.10 Å². The molecule has 0 saturated carbocycles. The number of hydrogen-bond acceptors (Lipinski definition) is 1. The van der Waals surface area contributed by atoms with Crippen LogP contribution in [0.15, 0.2) is 24.3 Å². The fourth-order valence-corrected chi connectivity index (χ4v) is 2.20. The molecule has 1 nitrogen and oxygen atoms in total. The fraction of sp³-hybridized carbons (Fsp3) is 0.467. The highest BCUT2D eigenvalue weighted by atomic mass is 16.5. The van der Waals surface area contributed by atoms with Crippen molar-refractivity contribution in [2.45, 2.75) is 45.6 Å². The van der Waals surface area contributed by atoms with Crippen molar-refractivity contribution in [2.75, 3.05) is 0 Å². The highest BCUT2D eigenvalue weighted by molar-refractivity contribution is 5.60. The molecule has 1 aromatic rings. The topological polar surface area (TPSA) is 9.23 Å². The van der Waals surface area contributed by atoms with E-state index in [1.807, 2.05) is 0 Å². The van der Waals surface area contributed by atoms with Crippen LogP contribution >= 0.6 is 0 Å². The van der Waals surface area contributed by atoms with E-state index in [1.165, 1.54) is 11.1 Å². The van der Waals surface area contributed by atoms with Gasteiger partial charge in [-0.25, -0.2) is 0 Å². The minimum Gasteiger partial charge on any atom is -0.491 e. The number of ether oxygens (including phenoxy) is 1. The van der Waals surface area contributed by atoms with Crippen molar-refractivity contribution >= 4 is 6.08 Å². The number of rotatable bonds is 2. The van der Waals surface area contributed by atoms with Crippen LogP contribution in [0, 0.1) is 0 Å². The SMILES string of the molecule is CC(C)Oc1ccc2c(c1)C(C)(C)CC=C2. The zero-order chi connectivity index (χ0) is 11.8. The third kappa shape index (κ3) is 2.13. The van der Waals surface area contributed by atoms with Crippen molar-refractivity contribution in [3.8, 4) is 5.75 Å². The molecule has 1 aliphatic carbocycles. The molecule has 0 aromatic heterocycles. The second-order valence-corrected chi connectivity index (χ2v) is 5.41. The van der Waals surface area contributed by atoms with E-state index in [0.29, 0.717) is 0 Å². The molecule has 0 spiro atoms. The lowest BCUT2D eigenvalue weighted by Gasteiger charge is -2.29. The van der Waals surface area contributed by atoms with Gasteiger partial charge in [0, 0.05) is 0 Å². The number of benzene rings is 1. The van der Waals surface area contributed by atoms with Crippen LogP contribution in [0.4, 0.5) is 0 Å². The van der Waals surface area contributed by atoms with Crippen LogP contribution in [0.3, 0.4) is 0 Å². The van der Waals surface area contributed by atoms with E-state index in [2.05, 4.69) is 58.0 Å². The Balaban J connectivity index is 2.40. The van der Waals surface area contributed by atoms with E-state index in [-0.39, 0.29) is 11.5 Å². The highest BCUT2D eigenvalue weighted by Gasteiger charge is 2.24. The largest absolute Gasteiger partial charge is 0.491 e. The van der Waals surface area contributed by atoms with Gasteiger partial charge in [-0.15, -0.1) is 0 Å². The normalized spacial score (nSPS) is 17.3. The second kappa shape index (κ2) is 3.97. The molecule has 0 radical (unpaired) electrons. The summed E-state index contributed by atoms with van der Waals surface area (Å²) < 4.78 is 5.75. The predicted molar refractivity (Wildman–Crippen MR) is 68.9 cm³/mol. The first-order valence-corrected chi connectivity index (χ1v) is 5.97. The molecule has 0 fully saturated rings. The van der Waals surface area contributed by atoms with E-state index < -0.39 is 0 Å². The summed E-state index contributed by atoms with van der Waals surface area (Å²) in [4.78, 5) is 0. The Morgan fingerprint density at radius 3 is 2.69 bits per heavy atom. The third-order valence-corrected chi connectivity index (χ3v) is 3.05. The summed E-state index contributed by atoms with van der Waals surface area (Å²) in [5, 5.41) is 0. The van der Waals surface area contributed by atoms with Crippen molar-refractivity contribution in [2.24, 2.45) is 0 Å². The zero-order valence-electron chi connectivity index (χ0n) is 10.6. The summed E-state index contributed by atoms with van der Waals surface area (Å²) in [6.07, 6.45) is 5.80.